The highest BCUT2D eigenvalue weighted by molar-refractivity contribution is 6.30. The van der Waals surface area contributed by atoms with Crippen LogP contribution in [-0.4, -0.2) is 87.4 Å². The lowest BCUT2D eigenvalue weighted by molar-refractivity contribution is 0.102. The van der Waals surface area contributed by atoms with Crippen molar-refractivity contribution in [2.24, 2.45) is 58.5 Å². The van der Waals surface area contributed by atoms with E-state index >= 15 is 0 Å². The number of halogens is 1. The van der Waals surface area contributed by atoms with E-state index in [1.165, 1.54) is 114 Å². The number of phenolic OH excluding ortho intramolecular Hbond substituents is 12. The zero-order valence-electron chi connectivity index (χ0n) is 78.7. The number of ketones is 1. The van der Waals surface area contributed by atoms with Gasteiger partial charge in [-0.1, -0.05) is 256 Å². The van der Waals surface area contributed by atoms with Crippen LogP contribution < -0.4 is 5.73 Å². The molecule has 0 aliphatic rings. The molecule has 1 heterocycles. The number of nitrogens with two attached hydrogens (primary N) is 1. The van der Waals surface area contributed by atoms with Gasteiger partial charge in [-0.3, -0.25) is 4.79 Å². The minimum Gasteiger partial charge on any atom is -0.508 e. The average Bonchev–Trinajstić information content (AvgIpc) is 1.65. The molecule has 0 bridgehead atoms. The zero-order valence-corrected chi connectivity index (χ0v) is 79.4. The second-order valence-electron chi connectivity index (χ2n) is 36.5. The third-order valence-electron chi connectivity index (χ3n) is 15.1. The highest BCUT2D eigenvalue weighted by Crippen LogP contribution is 2.35. The van der Waals surface area contributed by atoms with Gasteiger partial charge in [0.05, 0.1) is 24.0 Å². The van der Waals surface area contributed by atoms with Crippen LogP contribution >= 0.6 is 11.6 Å². The summed E-state index contributed by atoms with van der Waals surface area (Å²) < 4.78 is 0. The summed E-state index contributed by atoms with van der Waals surface area (Å²) in [6.45, 7) is 59.3. The van der Waals surface area contributed by atoms with Gasteiger partial charge in [0.1, 0.15) is 79.7 Å². The molecule has 9 rings (SSSR count). The molecular weight excluding hydrogens is 1560 g/mol. The van der Waals surface area contributed by atoms with E-state index in [2.05, 4.69) is 202 Å². The van der Waals surface area contributed by atoms with Gasteiger partial charge < -0.3 is 87.3 Å². The molecule has 0 amide bonds. The first-order chi connectivity index (χ1) is 56.3. The Hall–Kier alpha value is -9.82. The van der Waals surface area contributed by atoms with E-state index in [0.29, 0.717) is 52.9 Å². The summed E-state index contributed by atoms with van der Waals surface area (Å²) in [5, 5.41) is 142. The summed E-state index contributed by atoms with van der Waals surface area (Å²) in [6.07, 6.45) is 7.38. The number of hydrogen-bond donors (Lipinski definition) is 17. The number of benzene rings is 8. The second kappa shape index (κ2) is 62.3. The second-order valence-corrected chi connectivity index (χ2v) is 36.9. The Morgan fingerprint density at radius 1 is 0.377 bits per heavy atom. The van der Waals surface area contributed by atoms with Crippen LogP contribution in [-0.2, 0) is 6.42 Å². The number of hydrogen-bond acceptors (Lipinski definition) is 17. The maximum atomic E-state index is 12.0. The maximum absolute atomic E-state index is 12.0. The minimum atomic E-state index is -0.668. The minimum absolute atomic E-state index is 0.0198. The fraction of sp³-hybridized carbons (Fsp3) is 0.466. The van der Waals surface area contributed by atoms with Crippen LogP contribution in [0.4, 0.5) is 0 Å². The molecule has 1 aromatic heterocycles. The van der Waals surface area contributed by atoms with E-state index in [1.807, 2.05) is 43.3 Å². The molecule has 18 N–H and O–H groups in total. The molecule has 0 aliphatic heterocycles. The molecule has 9 aromatic rings. The molecule has 8 aromatic carbocycles. The lowest BCUT2D eigenvalue weighted by atomic mass is 9.88. The number of carbonyl (C=O) groups is 1. The van der Waals surface area contributed by atoms with Crippen molar-refractivity contribution in [1.82, 2.24) is 4.98 Å². The Labute approximate surface area is 738 Å². The predicted molar refractivity (Wildman–Crippen MR) is 509 cm³/mol. The van der Waals surface area contributed by atoms with Gasteiger partial charge in [0.2, 0.25) is 5.78 Å². The number of aromatic nitrogens is 1. The number of nitrogens with one attached hydrogen (secondary N) is 1. The number of aliphatic hydroxyl groups is 3. The number of phenols is 12. The standard InChI is InChI=1S/C19H24O3.C15H14O2.C13H20O3.C12H10ClNO3.C12H18O3.C8H11NO2.6C4H10/c1-13-3-6-15(7-4-13)9-14(2)5-8-19(22)16-10-17(20)12-18(21)11-16;1-11-2-4-12(5-3-11)6-7-13-8-14(16)10-15(17)9-13;1-13(2,3)5-4-12(16)9-6-10(14)8-11(15)7-9;1-6-5-7(14-12(6)13)11(17)10-8(15)3-2-4-9(10)16;1-8(2)3-4-12(15)9-5-10(13)7-11(14)6-9;1-5(9)6-2-7(10)4-8(11)3-6;6*1-4(2)3/h3-4,6-7,10-12,14,19-22H,5,8-9H2,1-2H3;2-10,16-17H,1H3;6-8,12,14-16H,4-5H2,1-3H3;2-5,14-16H,1H3;5-8,12-15H,3-4H2,1-2H3;2-5,10-11H,9H2,1H3;6*4H,1-3H3/b;7-6+;;;;;;;;;;. The number of H-pyrrole nitrogens is 1. The van der Waals surface area contributed by atoms with Crippen molar-refractivity contribution in [2.45, 2.75) is 263 Å². The van der Waals surface area contributed by atoms with E-state index in [4.69, 9.17) is 27.5 Å². The van der Waals surface area contributed by atoms with Crippen LogP contribution in [0.25, 0.3) is 12.2 Å². The Bertz CT molecular complexity index is 4100. The van der Waals surface area contributed by atoms with Crippen molar-refractivity contribution >= 4 is 29.5 Å². The molecule has 0 aliphatic carbocycles. The van der Waals surface area contributed by atoms with E-state index < -0.39 is 24.1 Å². The highest BCUT2D eigenvalue weighted by Gasteiger charge is 2.21. The van der Waals surface area contributed by atoms with Crippen LogP contribution in [0.15, 0.2) is 164 Å². The molecule has 5 atom stereocenters. The maximum Gasteiger partial charge on any atom is 0.216 e. The van der Waals surface area contributed by atoms with Crippen LogP contribution in [0.5, 0.6) is 69.0 Å². The molecule has 18 nitrogen and oxygen atoms in total. The quantitative estimate of drug-likeness (QED) is 0.0280. The normalized spacial score (nSPS) is 11.8. The van der Waals surface area contributed by atoms with E-state index in [0.717, 1.165) is 83.4 Å². The SMILES string of the molecule is CC(C)(C)CCC(O)c1cc(O)cc(O)c1.CC(C)C.CC(C)C.CC(C)C.CC(C)C.CC(C)C.CC(C)C.CC(C)CCC(O)c1cc(O)cc(O)c1.CC(N)c1cc(O)cc(O)c1.Cc1cc(C(=O)c2c(O)cccc2O)[nH]c1Cl.Cc1ccc(/C=C/c2cc(O)cc(O)c2)cc1.Cc1ccc(CC(C)CCC(O)c2cc(O)cc(O)c2)cc1. The number of carbonyl (C=O) groups excluding carboxylic acids is 1. The number of aliphatic hydroxyl groups excluding tert-OH is 3. The Morgan fingerprint density at radius 3 is 0.959 bits per heavy atom. The monoisotopic (exact) mass is 1710 g/mol. The summed E-state index contributed by atoms with van der Waals surface area (Å²) in [5.41, 5.74) is 14.6. The molecule has 19 heteroatoms. The lowest BCUT2D eigenvalue weighted by Gasteiger charge is -2.20. The summed E-state index contributed by atoms with van der Waals surface area (Å²) in [5.74, 6) is 5.03. The van der Waals surface area contributed by atoms with Gasteiger partial charge >= 0.3 is 0 Å². The van der Waals surface area contributed by atoms with E-state index in [9.17, 15) is 71.2 Å². The number of aromatic amines is 1. The third kappa shape index (κ3) is 62.3. The summed E-state index contributed by atoms with van der Waals surface area (Å²) in [4.78, 5) is 14.7. The van der Waals surface area contributed by atoms with Crippen molar-refractivity contribution in [3.63, 3.8) is 0 Å². The smallest absolute Gasteiger partial charge is 0.216 e. The molecular formula is C103H157ClN2O16. The molecule has 0 saturated carbocycles. The number of aryl methyl sites for hydroxylation is 3. The van der Waals surface area contributed by atoms with Crippen molar-refractivity contribution in [3.8, 4) is 69.0 Å². The van der Waals surface area contributed by atoms with Gasteiger partial charge in [-0.2, -0.15) is 0 Å². The zero-order chi connectivity index (χ0) is 94.6. The number of rotatable bonds is 18. The van der Waals surface area contributed by atoms with Gasteiger partial charge in [-0.05, 0) is 249 Å². The first-order valence-corrected chi connectivity index (χ1v) is 42.9. The summed E-state index contributed by atoms with van der Waals surface area (Å²) in [6, 6.07) is 43.7. The third-order valence-corrected chi connectivity index (χ3v) is 15.5. The molecule has 0 radical (unpaired) electrons. The molecule has 5 unspecified atom stereocenters. The van der Waals surface area contributed by atoms with Crippen LogP contribution in [0.2, 0.25) is 5.15 Å². The Balaban J connectivity index is -0.00000133. The number of aromatic hydroxyl groups is 12. The first-order valence-electron chi connectivity index (χ1n) is 42.5. The van der Waals surface area contributed by atoms with Gasteiger partial charge in [0.25, 0.3) is 0 Å². The topological polar surface area (TPSA) is 362 Å². The van der Waals surface area contributed by atoms with Crippen LogP contribution in [0, 0.1) is 73.5 Å². The fourth-order valence-corrected chi connectivity index (χ4v) is 9.84. The first kappa shape index (κ1) is 116. The lowest BCUT2D eigenvalue weighted by Crippen LogP contribution is -2.08. The summed E-state index contributed by atoms with van der Waals surface area (Å²) in [7, 11) is 0. The van der Waals surface area contributed by atoms with Crippen molar-refractivity contribution < 1.29 is 81.4 Å². The fourth-order valence-electron chi connectivity index (χ4n) is 9.68. The van der Waals surface area contributed by atoms with Crippen LogP contribution in [0.3, 0.4) is 0 Å². The van der Waals surface area contributed by atoms with Crippen LogP contribution in [0.1, 0.15) is 308 Å². The molecule has 682 valence electrons. The molecule has 0 saturated heterocycles. The van der Waals surface area contributed by atoms with Crippen molar-refractivity contribution in [2.75, 3.05) is 0 Å². The average molecular weight is 1710 g/mol. The van der Waals surface area contributed by atoms with Gasteiger partial charge in [0, 0.05) is 36.4 Å². The Kier molecular flexibility index (Phi) is 59.4. The molecule has 0 fully saturated rings. The van der Waals surface area contributed by atoms with Crippen molar-refractivity contribution in [1.29, 1.82) is 0 Å². The van der Waals surface area contributed by atoms with E-state index in [1.54, 1.807) is 32.0 Å². The predicted octanol–water partition coefficient (Wildman–Crippen LogP) is 26.9. The van der Waals surface area contributed by atoms with Gasteiger partial charge in [0.15, 0.2) is 0 Å². The van der Waals surface area contributed by atoms with Gasteiger partial charge in [-0.15, -0.1) is 0 Å². The highest BCUT2D eigenvalue weighted by atomic mass is 35.5. The van der Waals surface area contributed by atoms with E-state index in [-0.39, 0.29) is 91.7 Å². The Morgan fingerprint density at radius 2 is 0.664 bits per heavy atom. The van der Waals surface area contributed by atoms with Crippen molar-refractivity contribution in [3.05, 3.63) is 236 Å². The summed E-state index contributed by atoms with van der Waals surface area (Å²) >= 11 is 5.81. The largest absolute Gasteiger partial charge is 0.508 e. The molecule has 122 heavy (non-hydrogen) atoms. The molecule has 0 spiro atoms. The van der Waals surface area contributed by atoms with Gasteiger partial charge in [-0.25, -0.2) is 0 Å².